The minimum Gasteiger partial charge on any atom is -0.394 e. The Morgan fingerprint density at radius 2 is 0.844 bits per heavy atom. The van der Waals surface area contributed by atoms with Crippen LogP contribution in [-0.2, 0) is 33.2 Å². The number of aliphatic hydroxyl groups excluding tert-OH is 14. The van der Waals surface area contributed by atoms with E-state index in [1.807, 2.05) is 0 Å². The molecule has 3 rings (SSSR count). The molecule has 3 fully saturated rings. The lowest BCUT2D eigenvalue weighted by Gasteiger charge is -2.46. The summed E-state index contributed by atoms with van der Waals surface area (Å²) >= 11 is 0. The highest BCUT2D eigenvalue weighted by Crippen LogP contribution is 2.31. The van der Waals surface area contributed by atoms with E-state index in [0.29, 0.717) is 0 Å². The summed E-state index contributed by atoms with van der Waals surface area (Å²) in [6.07, 6.45) is -37.2. The van der Waals surface area contributed by atoms with Crippen LogP contribution in [0.15, 0.2) is 0 Å². The summed E-state index contributed by atoms with van der Waals surface area (Å²) in [5, 5.41) is 142. The number of rotatable bonds is 14. The first-order chi connectivity index (χ1) is 21.2. The highest BCUT2D eigenvalue weighted by atomic mass is 16.8. The van der Waals surface area contributed by atoms with Crippen LogP contribution in [0.3, 0.4) is 0 Å². The molecule has 0 aromatic rings. The lowest BCUT2D eigenvalue weighted by Crippen LogP contribution is -2.65. The number of hydrogen-bond acceptors (Lipinski definition) is 21. The molecule has 45 heavy (non-hydrogen) atoms. The maximum absolute atomic E-state index is 12.4. The van der Waals surface area contributed by atoms with Gasteiger partial charge in [0, 0.05) is 0 Å². The fourth-order valence-corrected chi connectivity index (χ4v) is 5.02. The van der Waals surface area contributed by atoms with Crippen molar-refractivity contribution >= 4 is 6.29 Å². The molecule has 21 nitrogen and oxygen atoms in total. The van der Waals surface area contributed by atoms with Crippen LogP contribution >= 0.6 is 0 Å². The molecule has 264 valence electrons. The topological polar surface area (TPSA) is 356 Å². The molecule has 0 aromatic carbocycles. The van der Waals surface area contributed by atoms with Gasteiger partial charge in [0.05, 0.1) is 26.4 Å². The molecule has 0 spiro atoms. The highest BCUT2D eigenvalue weighted by Gasteiger charge is 2.52. The van der Waals surface area contributed by atoms with Gasteiger partial charge in [0.2, 0.25) is 0 Å². The summed E-state index contributed by atoms with van der Waals surface area (Å²) in [5.41, 5.74) is 0. The smallest absolute Gasteiger partial charge is 0.187 e. The average Bonchev–Trinajstić information content (AvgIpc) is 3.04. The molecular weight excluding hydrogens is 624 g/mol. The first-order valence-corrected chi connectivity index (χ1v) is 13.9. The molecule has 3 heterocycles. The summed E-state index contributed by atoms with van der Waals surface area (Å²) in [7, 11) is 0. The van der Waals surface area contributed by atoms with Crippen LogP contribution in [0.25, 0.3) is 0 Å². The molecule has 0 aromatic heterocycles. The Labute approximate surface area is 254 Å². The Balaban J connectivity index is 2.01. The van der Waals surface area contributed by atoms with E-state index >= 15 is 0 Å². The third-order valence-corrected chi connectivity index (χ3v) is 7.77. The van der Waals surface area contributed by atoms with Crippen molar-refractivity contribution in [3.8, 4) is 0 Å². The van der Waals surface area contributed by atoms with Gasteiger partial charge in [-0.25, -0.2) is 0 Å². The molecule has 14 N–H and O–H groups in total. The van der Waals surface area contributed by atoms with E-state index in [9.17, 15) is 76.3 Å². The van der Waals surface area contributed by atoms with Gasteiger partial charge in [0.1, 0.15) is 97.7 Å². The summed E-state index contributed by atoms with van der Waals surface area (Å²) < 4.78 is 32.5. The van der Waals surface area contributed by atoms with E-state index < -0.39 is 143 Å². The number of aliphatic hydroxyl groups is 14. The van der Waals surface area contributed by atoms with Crippen molar-refractivity contribution in [2.45, 2.75) is 117 Å². The van der Waals surface area contributed by atoms with Crippen LogP contribution < -0.4 is 0 Å². The highest BCUT2D eigenvalue weighted by molar-refractivity contribution is 5.57. The Morgan fingerprint density at radius 3 is 1.16 bits per heavy atom. The van der Waals surface area contributed by atoms with E-state index in [2.05, 4.69) is 0 Å². The van der Waals surface area contributed by atoms with E-state index in [-0.39, 0.29) is 6.29 Å². The number of hydrogen-bond donors (Lipinski definition) is 14. The predicted molar refractivity (Wildman–Crippen MR) is 135 cm³/mol. The molecule has 19 atom stereocenters. The van der Waals surface area contributed by atoms with Crippen molar-refractivity contribution in [2.24, 2.45) is 0 Å². The molecule has 0 bridgehead atoms. The fraction of sp³-hybridized carbons (Fsp3) is 0.958. The standard InChI is InChI=1S/C24H42O21/c25-1-6(30)20(44-23-18(38)15(35)12(32)8(3-27)41-23)21(45-24-19(39)16(36)13(33)9(4-28)42-24)10(5-29)43-22-17(37)14(34)11(31)7(2-26)40-22/h5-28,30-39H,1-4H2/t6-,7-,8-,9-,10+,11-,12-,13-,14+,15+,16+,17-,18-,19-,20-,21-,22+,23+,24+/m1/s1. The first-order valence-electron chi connectivity index (χ1n) is 13.9. The monoisotopic (exact) mass is 666 g/mol. The van der Waals surface area contributed by atoms with Crippen molar-refractivity contribution in [1.29, 1.82) is 0 Å². The quantitative estimate of drug-likeness (QED) is 0.0765. The lowest BCUT2D eigenvalue weighted by molar-refractivity contribution is -0.363. The van der Waals surface area contributed by atoms with Crippen molar-refractivity contribution in [1.82, 2.24) is 0 Å². The molecule has 0 aliphatic carbocycles. The average molecular weight is 667 g/mol. The molecule has 0 radical (unpaired) electrons. The van der Waals surface area contributed by atoms with Crippen molar-refractivity contribution in [2.75, 3.05) is 26.4 Å². The Bertz CT molecular complexity index is 895. The summed E-state index contributed by atoms with van der Waals surface area (Å²) in [5.74, 6) is 0. The van der Waals surface area contributed by atoms with E-state index in [4.69, 9.17) is 28.4 Å². The van der Waals surface area contributed by atoms with Crippen molar-refractivity contribution < 1.29 is 105 Å². The summed E-state index contributed by atoms with van der Waals surface area (Å²) in [6, 6.07) is 0. The van der Waals surface area contributed by atoms with Gasteiger partial charge in [-0.2, -0.15) is 0 Å². The third kappa shape index (κ3) is 8.30. The van der Waals surface area contributed by atoms with Crippen molar-refractivity contribution in [3.63, 3.8) is 0 Å². The predicted octanol–water partition coefficient (Wildman–Crippen LogP) is -9.91. The van der Waals surface area contributed by atoms with Crippen LogP contribution in [0.5, 0.6) is 0 Å². The first kappa shape index (κ1) is 38.3. The Kier molecular flexibility index (Phi) is 14.3. The van der Waals surface area contributed by atoms with Crippen molar-refractivity contribution in [3.05, 3.63) is 0 Å². The molecular formula is C24H42O21. The molecule has 3 aliphatic heterocycles. The third-order valence-electron chi connectivity index (χ3n) is 7.77. The van der Waals surface area contributed by atoms with E-state index in [0.717, 1.165) is 0 Å². The lowest BCUT2D eigenvalue weighted by atomic mass is 9.97. The molecule has 0 saturated carbocycles. The van der Waals surface area contributed by atoms with E-state index in [1.165, 1.54) is 0 Å². The summed E-state index contributed by atoms with van der Waals surface area (Å²) in [4.78, 5) is 12.4. The van der Waals surface area contributed by atoms with Gasteiger partial charge in [-0.1, -0.05) is 0 Å². The Morgan fingerprint density at radius 1 is 0.511 bits per heavy atom. The van der Waals surface area contributed by atoms with Crippen LogP contribution in [0.4, 0.5) is 0 Å². The largest absolute Gasteiger partial charge is 0.394 e. The number of aldehydes is 1. The van der Waals surface area contributed by atoms with E-state index in [1.54, 1.807) is 0 Å². The van der Waals surface area contributed by atoms with Crippen LogP contribution in [0.1, 0.15) is 0 Å². The zero-order chi connectivity index (χ0) is 33.7. The van der Waals surface area contributed by atoms with Gasteiger partial charge in [0.25, 0.3) is 0 Å². The number of carbonyl (C=O) groups is 1. The molecule has 0 amide bonds. The second kappa shape index (κ2) is 16.8. The SMILES string of the molecule is O=C[C@H](O[C@@H]1O[C@H](CO)[C@@H](O)[C@H](O)[C@H]1O)[C@@H](O[C@@H]1O[C@H](CO)[C@@H](O)[C@H](O)[C@H]1O)[C@H](O[C@@H]1O[C@H](CO)[C@@H](O)[C@H](O)[C@H]1O)[C@H](O)CO. The molecule has 0 unspecified atom stereocenters. The molecule has 21 heteroatoms. The Hall–Kier alpha value is -1.13. The van der Waals surface area contributed by atoms with Gasteiger partial charge < -0.3 is 105 Å². The normalized spacial score (nSPS) is 45.4. The van der Waals surface area contributed by atoms with Crippen LogP contribution in [0, 0.1) is 0 Å². The van der Waals surface area contributed by atoms with Crippen LogP contribution in [0.2, 0.25) is 0 Å². The van der Waals surface area contributed by atoms with Gasteiger partial charge in [-0.3, -0.25) is 0 Å². The van der Waals surface area contributed by atoms with Gasteiger partial charge >= 0.3 is 0 Å². The number of ether oxygens (including phenoxy) is 6. The molecule has 3 saturated heterocycles. The molecule has 3 aliphatic rings. The minimum atomic E-state index is -2.18. The van der Waals surface area contributed by atoms with Crippen LogP contribution in [-0.4, -0.2) is 221 Å². The zero-order valence-electron chi connectivity index (χ0n) is 23.5. The zero-order valence-corrected chi connectivity index (χ0v) is 23.5. The number of carbonyl (C=O) groups excluding carboxylic acids is 1. The maximum Gasteiger partial charge on any atom is 0.187 e. The fourth-order valence-electron chi connectivity index (χ4n) is 5.02. The minimum absolute atomic E-state index is 0.0378. The summed E-state index contributed by atoms with van der Waals surface area (Å²) in [6.45, 7) is -3.90. The maximum atomic E-state index is 12.4. The van der Waals surface area contributed by atoms with Gasteiger partial charge in [-0.15, -0.1) is 0 Å². The van der Waals surface area contributed by atoms with Gasteiger partial charge in [0.15, 0.2) is 25.2 Å². The second-order valence-corrected chi connectivity index (χ2v) is 10.8. The second-order valence-electron chi connectivity index (χ2n) is 10.8. The van der Waals surface area contributed by atoms with Gasteiger partial charge in [-0.05, 0) is 0 Å².